The fourth-order valence-electron chi connectivity index (χ4n) is 1.56. The molecule has 1 aliphatic rings. The van der Waals surface area contributed by atoms with Gasteiger partial charge in [0.1, 0.15) is 0 Å². The lowest BCUT2D eigenvalue weighted by molar-refractivity contribution is 0.187. The highest BCUT2D eigenvalue weighted by Crippen LogP contribution is 2.25. The van der Waals surface area contributed by atoms with Gasteiger partial charge in [0.05, 0.1) is 6.10 Å². The van der Waals surface area contributed by atoms with Gasteiger partial charge in [-0.2, -0.15) is 0 Å². The predicted molar refractivity (Wildman–Crippen MR) is 47.6 cm³/mol. The second-order valence-electron chi connectivity index (χ2n) is 2.98. The minimum Gasteiger partial charge on any atom is -0.392 e. The maximum atomic E-state index is 9.33. The van der Waals surface area contributed by atoms with Crippen molar-refractivity contribution in [2.75, 3.05) is 0 Å². The van der Waals surface area contributed by atoms with Crippen LogP contribution < -0.4 is 0 Å². The number of rotatable bonds is 0. The number of fused-ring (bicyclic) bond motifs is 1. The van der Waals surface area contributed by atoms with E-state index in [2.05, 4.69) is 28.1 Å². The molecule has 0 amide bonds. The number of benzene rings is 1. The average molecular weight is 213 g/mol. The predicted octanol–water partition coefficient (Wildman–Crippen LogP) is 1.91. The van der Waals surface area contributed by atoms with Crippen molar-refractivity contribution in [1.29, 1.82) is 0 Å². The first-order chi connectivity index (χ1) is 5.25. The van der Waals surface area contributed by atoms with Crippen molar-refractivity contribution in [3.05, 3.63) is 33.8 Å². The number of halogens is 1. The van der Waals surface area contributed by atoms with Crippen molar-refractivity contribution in [1.82, 2.24) is 0 Å². The molecule has 0 heterocycles. The molecule has 1 aromatic carbocycles. The zero-order chi connectivity index (χ0) is 7.84. The van der Waals surface area contributed by atoms with Crippen LogP contribution in [0.5, 0.6) is 0 Å². The van der Waals surface area contributed by atoms with Gasteiger partial charge in [-0.25, -0.2) is 0 Å². The zero-order valence-electron chi connectivity index (χ0n) is 6.05. The van der Waals surface area contributed by atoms with Gasteiger partial charge >= 0.3 is 0 Å². The molecule has 1 atom stereocenters. The summed E-state index contributed by atoms with van der Waals surface area (Å²) in [4.78, 5) is 0. The van der Waals surface area contributed by atoms with Crippen LogP contribution in [0, 0.1) is 0 Å². The van der Waals surface area contributed by atoms with Crippen molar-refractivity contribution in [3.63, 3.8) is 0 Å². The van der Waals surface area contributed by atoms with Gasteiger partial charge in [-0.1, -0.05) is 22.0 Å². The number of aliphatic hydroxyl groups excluding tert-OH is 1. The highest BCUT2D eigenvalue weighted by atomic mass is 79.9. The molecule has 1 nitrogen and oxygen atoms in total. The van der Waals surface area contributed by atoms with Crippen LogP contribution in [-0.2, 0) is 12.8 Å². The first kappa shape index (κ1) is 7.32. The zero-order valence-corrected chi connectivity index (χ0v) is 7.63. The Morgan fingerprint density at radius 2 is 2.00 bits per heavy atom. The van der Waals surface area contributed by atoms with E-state index in [9.17, 15) is 5.11 Å². The molecule has 2 rings (SSSR count). The van der Waals surface area contributed by atoms with Gasteiger partial charge in [0.2, 0.25) is 0 Å². The molecular formula is C9H9BrO. The van der Waals surface area contributed by atoms with Gasteiger partial charge in [-0.3, -0.25) is 0 Å². The second kappa shape index (κ2) is 2.61. The van der Waals surface area contributed by atoms with Crippen molar-refractivity contribution < 1.29 is 5.11 Å². The first-order valence-electron chi connectivity index (χ1n) is 3.71. The molecule has 0 bridgehead atoms. The summed E-state index contributed by atoms with van der Waals surface area (Å²) < 4.78 is 1.10. The van der Waals surface area contributed by atoms with Crippen LogP contribution in [0.25, 0.3) is 0 Å². The minimum absolute atomic E-state index is 0.153. The highest BCUT2D eigenvalue weighted by molar-refractivity contribution is 9.10. The Morgan fingerprint density at radius 3 is 2.82 bits per heavy atom. The fraction of sp³-hybridized carbons (Fsp3) is 0.333. The Bertz CT molecular complexity index is 283. The SMILES string of the molecule is O[C@H]1Cc2ccc(Br)cc2C1. The van der Waals surface area contributed by atoms with Gasteiger partial charge in [0.15, 0.2) is 0 Å². The standard InChI is InChI=1S/C9H9BrO/c10-8-2-1-6-4-9(11)5-7(6)3-8/h1-3,9,11H,4-5H2/t9-/m0/s1. The Kier molecular flexibility index (Phi) is 1.74. The molecule has 2 heteroatoms. The second-order valence-corrected chi connectivity index (χ2v) is 3.89. The van der Waals surface area contributed by atoms with Crippen molar-refractivity contribution >= 4 is 15.9 Å². The molecule has 0 radical (unpaired) electrons. The lowest BCUT2D eigenvalue weighted by Crippen LogP contribution is -2.03. The smallest absolute Gasteiger partial charge is 0.0621 e. The summed E-state index contributed by atoms with van der Waals surface area (Å²) in [5, 5.41) is 9.33. The Balaban J connectivity index is 2.43. The molecule has 1 aromatic rings. The summed E-state index contributed by atoms with van der Waals surface area (Å²) in [6.07, 6.45) is 1.48. The molecule has 1 aliphatic carbocycles. The van der Waals surface area contributed by atoms with Crippen LogP contribution in [0.2, 0.25) is 0 Å². The van der Waals surface area contributed by atoms with Gasteiger partial charge in [-0.15, -0.1) is 0 Å². The summed E-state index contributed by atoms with van der Waals surface area (Å²) >= 11 is 3.40. The molecule has 0 saturated carbocycles. The summed E-state index contributed by atoms with van der Waals surface area (Å²) in [5.41, 5.74) is 2.58. The first-order valence-corrected chi connectivity index (χ1v) is 4.50. The normalized spacial score (nSPS) is 21.8. The quantitative estimate of drug-likeness (QED) is 0.697. The fourth-order valence-corrected chi connectivity index (χ4v) is 1.97. The van der Waals surface area contributed by atoms with Crippen LogP contribution >= 0.6 is 15.9 Å². The monoisotopic (exact) mass is 212 g/mol. The van der Waals surface area contributed by atoms with E-state index in [0.717, 1.165) is 17.3 Å². The van der Waals surface area contributed by atoms with E-state index < -0.39 is 0 Å². The lowest BCUT2D eigenvalue weighted by Gasteiger charge is -1.96. The van der Waals surface area contributed by atoms with E-state index in [-0.39, 0.29) is 6.10 Å². The lowest BCUT2D eigenvalue weighted by atomic mass is 10.1. The number of aliphatic hydroxyl groups is 1. The minimum atomic E-state index is -0.153. The van der Waals surface area contributed by atoms with Crippen LogP contribution in [-0.4, -0.2) is 11.2 Å². The van der Waals surface area contributed by atoms with E-state index in [1.165, 1.54) is 11.1 Å². The maximum Gasteiger partial charge on any atom is 0.0621 e. The van der Waals surface area contributed by atoms with Crippen LogP contribution in [0.15, 0.2) is 22.7 Å². The molecule has 0 saturated heterocycles. The Labute approximate surface area is 74.2 Å². The van der Waals surface area contributed by atoms with Gasteiger partial charge in [0.25, 0.3) is 0 Å². The van der Waals surface area contributed by atoms with Crippen LogP contribution in [0.1, 0.15) is 11.1 Å². The largest absolute Gasteiger partial charge is 0.392 e. The van der Waals surface area contributed by atoms with Crippen molar-refractivity contribution in [2.24, 2.45) is 0 Å². The van der Waals surface area contributed by atoms with Gasteiger partial charge < -0.3 is 5.11 Å². The third-order valence-corrected chi connectivity index (χ3v) is 2.57. The summed E-state index contributed by atoms with van der Waals surface area (Å²) in [5.74, 6) is 0. The number of hydrogen-bond acceptors (Lipinski definition) is 1. The molecule has 0 fully saturated rings. The summed E-state index contributed by atoms with van der Waals surface area (Å²) in [6.45, 7) is 0. The van der Waals surface area contributed by atoms with E-state index in [0.29, 0.717) is 0 Å². The number of hydrogen-bond donors (Lipinski definition) is 1. The molecule has 0 spiro atoms. The molecular weight excluding hydrogens is 204 g/mol. The molecule has 11 heavy (non-hydrogen) atoms. The average Bonchev–Trinajstić information content (AvgIpc) is 2.27. The van der Waals surface area contributed by atoms with Gasteiger partial charge in [0, 0.05) is 4.47 Å². The van der Waals surface area contributed by atoms with Crippen LogP contribution in [0.3, 0.4) is 0 Å². The molecule has 0 unspecified atom stereocenters. The van der Waals surface area contributed by atoms with Crippen molar-refractivity contribution in [3.8, 4) is 0 Å². The summed E-state index contributed by atoms with van der Waals surface area (Å²) in [7, 11) is 0. The highest BCUT2D eigenvalue weighted by Gasteiger charge is 2.18. The van der Waals surface area contributed by atoms with E-state index >= 15 is 0 Å². The van der Waals surface area contributed by atoms with E-state index in [1.807, 2.05) is 6.07 Å². The van der Waals surface area contributed by atoms with E-state index in [4.69, 9.17) is 0 Å². The molecule has 0 aromatic heterocycles. The van der Waals surface area contributed by atoms with E-state index in [1.54, 1.807) is 0 Å². The molecule has 58 valence electrons. The summed E-state index contributed by atoms with van der Waals surface area (Å²) in [6, 6.07) is 6.19. The Morgan fingerprint density at radius 1 is 1.27 bits per heavy atom. The van der Waals surface area contributed by atoms with Crippen LogP contribution in [0.4, 0.5) is 0 Å². The third kappa shape index (κ3) is 1.33. The molecule has 1 N–H and O–H groups in total. The topological polar surface area (TPSA) is 20.2 Å². The van der Waals surface area contributed by atoms with Crippen molar-refractivity contribution in [2.45, 2.75) is 18.9 Å². The Hall–Kier alpha value is -0.340. The molecule has 0 aliphatic heterocycles. The van der Waals surface area contributed by atoms with Gasteiger partial charge in [-0.05, 0) is 36.1 Å². The third-order valence-electron chi connectivity index (χ3n) is 2.08. The maximum absolute atomic E-state index is 9.33.